The Morgan fingerprint density at radius 1 is 1.40 bits per heavy atom. The molecule has 15 heavy (non-hydrogen) atoms. The average molecular weight is 221 g/mol. The Morgan fingerprint density at radius 3 is 3.13 bits per heavy atom. The Balaban J connectivity index is 2.35. The molecule has 0 amide bonds. The van der Waals surface area contributed by atoms with Crippen molar-refractivity contribution in [2.75, 3.05) is 0 Å². The van der Waals surface area contributed by atoms with Crippen molar-refractivity contribution in [3.63, 3.8) is 0 Å². The molecule has 0 aliphatic heterocycles. The van der Waals surface area contributed by atoms with Crippen molar-refractivity contribution in [1.82, 2.24) is 4.98 Å². The maximum absolute atomic E-state index is 6.15. The number of aromatic nitrogens is 1. The van der Waals surface area contributed by atoms with Crippen LogP contribution in [0, 0.1) is 0 Å². The van der Waals surface area contributed by atoms with Gasteiger partial charge in [0.15, 0.2) is 0 Å². The Bertz CT molecular complexity index is 516. The zero-order valence-electron chi connectivity index (χ0n) is 8.39. The molecule has 0 saturated carbocycles. The first-order valence-electron chi connectivity index (χ1n) is 5.32. The van der Waals surface area contributed by atoms with Crippen LogP contribution in [0.15, 0.2) is 18.2 Å². The molecule has 3 rings (SSSR count). The van der Waals surface area contributed by atoms with E-state index >= 15 is 0 Å². The lowest BCUT2D eigenvalue weighted by atomic mass is 9.92. The van der Waals surface area contributed by atoms with Crippen molar-refractivity contribution in [2.45, 2.75) is 25.3 Å². The van der Waals surface area contributed by atoms with Gasteiger partial charge < -0.3 is 10.7 Å². The van der Waals surface area contributed by atoms with Crippen LogP contribution in [0.25, 0.3) is 10.9 Å². The third-order valence-electron chi connectivity index (χ3n) is 3.24. The van der Waals surface area contributed by atoms with Gasteiger partial charge in [-0.3, -0.25) is 0 Å². The number of hydrogen-bond donors (Lipinski definition) is 2. The molecular formula is C12H13ClN2. The summed E-state index contributed by atoms with van der Waals surface area (Å²) in [6, 6.07) is 6.18. The normalized spacial score (nSPS) is 20.5. The van der Waals surface area contributed by atoms with Gasteiger partial charge in [-0.1, -0.05) is 23.7 Å². The van der Waals surface area contributed by atoms with Crippen molar-refractivity contribution >= 4 is 22.5 Å². The van der Waals surface area contributed by atoms with E-state index in [1.807, 2.05) is 12.1 Å². The molecule has 1 heterocycles. The SMILES string of the molecule is N[C@@H]1CCCc2c1[nH]c1c(Cl)cccc21. The number of aryl methyl sites for hydroxylation is 1. The van der Waals surface area contributed by atoms with Gasteiger partial charge in [0.05, 0.1) is 10.5 Å². The van der Waals surface area contributed by atoms with Crippen molar-refractivity contribution < 1.29 is 0 Å². The summed E-state index contributed by atoms with van der Waals surface area (Å²) < 4.78 is 0. The minimum atomic E-state index is 0.150. The van der Waals surface area contributed by atoms with Crippen LogP contribution in [0.5, 0.6) is 0 Å². The predicted octanol–water partition coefficient (Wildman–Crippen LogP) is 3.16. The largest absolute Gasteiger partial charge is 0.356 e. The first-order valence-corrected chi connectivity index (χ1v) is 5.69. The summed E-state index contributed by atoms with van der Waals surface area (Å²) in [5, 5.41) is 2.03. The number of para-hydroxylation sites is 1. The molecule has 2 aromatic rings. The molecule has 0 radical (unpaired) electrons. The van der Waals surface area contributed by atoms with E-state index in [-0.39, 0.29) is 6.04 Å². The van der Waals surface area contributed by atoms with Crippen LogP contribution < -0.4 is 5.73 Å². The fourth-order valence-corrected chi connectivity index (χ4v) is 2.71. The molecule has 0 saturated heterocycles. The number of rotatable bonds is 0. The molecule has 2 nitrogen and oxygen atoms in total. The number of halogens is 1. The van der Waals surface area contributed by atoms with E-state index in [2.05, 4.69) is 11.1 Å². The second-order valence-electron chi connectivity index (χ2n) is 4.18. The molecule has 0 fully saturated rings. The fraction of sp³-hybridized carbons (Fsp3) is 0.333. The topological polar surface area (TPSA) is 41.8 Å². The molecule has 0 bridgehead atoms. The lowest BCUT2D eigenvalue weighted by Gasteiger charge is -2.18. The Kier molecular flexibility index (Phi) is 2.01. The Hall–Kier alpha value is -0.990. The molecule has 3 N–H and O–H groups in total. The van der Waals surface area contributed by atoms with E-state index in [0.29, 0.717) is 0 Å². The van der Waals surface area contributed by atoms with E-state index in [9.17, 15) is 0 Å². The number of hydrogen-bond acceptors (Lipinski definition) is 1. The van der Waals surface area contributed by atoms with E-state index in [1.54, 1.807) is 0 Å². The first kappa shape index (κ1) is 9.25. The number of nitrogens with two attached hydrogens (primary N) is 1. The molecule has 1 aliphatic carbocycles. The summed E-state index contributed by atoms with van der Waals surface area (Å²) in [6.45, 7) is 0. The van der Waals surface area contributed by atoms with Crippen LogP contribution in [0.1, 0.15) is 30.1 Å². The summed E-state index contributed by atoms with van der Waals surface area (Å²) >= 11 is 6.15. The number of H-pyrrole nitrogens is 1. The van der Waals surface area contributed by atoms with Crippen molar-refractivity contribution in [3.8, 4) is 0 Å². The van der Waals surface area contributed by atoms with E-state index in [4.69, 9.17) is 17.3 Å². The maximum atomic E-state index is 6.15. The van der Waals surface area contributed by atoms with Gasteiger partial charge >= 0.3 is 0 Å². The van der Waals surface area contributed by atoms with Crippen molar-refractivity contribution in [2.24, 2.45) is 5.73 Å². The maximum Gasteiger partial charge on any atom is 0.0648 e. The average Bonchev–Trinajstić information content (AvgIpc) is 2.60. The second-order valence-corrected chi connectivity index (χ2v) is 4.59. The van der Waals surface area contributed by atoms with E-state index in [1.165, 1.54) is 23.1 Å². The van der Waals surface area contributed by atoms with Gasteiger partial charge in [0, 0.05) is 17.1 Å². The quantitative estimate of drug-likeness (QED) is 0.704. The summed E-state index contributed by atoms with van der Waals surface area (Å²) in [4.78, 5) is 3.38. The Morgan fingerprint density at radius 2 is 2.27 bits per heavy atom. The third kappa shape index (κ3) is 1.29. The predicted molar refractivity (Wildman–Crippen MR) is 63.2 cm³/mol. The van der Waals surface area contributed by atoms with Crippen molar-refractivity contribution in [3.05, 3.63) is 34.5 Å². The standard InChI is InChI=1S/C12H13ClN2/c13-9-5-1-3-7-8-4-2-6-10(14)12(8)15-11(7)9/h1,3,5,10,15H,2,4,6,14H2/t10-/m1/s1. The minimum absolute atomic E-state index is 0.150. The highest BCUT2D eigenvalue weighted by molar-refractivity contribution is 6.35. The minimum Gasteiger partial charge on any atom is -0.356 e. The molecule has 0 unspecified atom stereocenters. The van der Waals surface area contributed by atoms with Gasteiger partial charge in [-0.25, -0.2) is 0 Å². The zero-order valence-corrected chi connectivity index (χ0v) is 9.14. The summed E-state index contributed by atoms with van der Waals surface area (Å²) in [5.41, 5.74) is 9.68. The summed E-state index contributed by atoms with van der Waals surface area (Å²) in [7, 11) is 0. The molecular weight excluding hydrogens is 208 g/mol. The van der Waals surface area contributed by atoms with Gasteiger partial charge in [-0.2, -0.15) is 0 Å². The highest BCUT2D eigenvalue weighted by Crippen LogP contribution is 2.35. The van der Waals surface area contributed by atoms with Crippen LogP contribution in [-0.2, 0) is 6.42 Å². The van der Waals surface area contributed by atoms with E-state index < -0.39 is 0 Å². The van der Waals surface area contributed by atoms with Crippen LogP contribution in [0.4, 0.5) is 0 Å². The van der Waals surface area contributed by atoms with Crippen LogP contribution in [0.2, 0.25) is 5.02 Å². The molecule has 1 aromatic carbocycles. The Labute approximate surface area is 93.4 Å². The van der Waals surface area contributed by atoms with Gasteiger partial charge in [0.25, 0.3) is 0 Å². The molecule has 3 heteroatoms. The molecule has 78 valence electrons. The lowest BCUT2D eigenvalue weighted by Crippen LogP contribution is -2.16. The highest BCUT2D eigenvalue weighted by atomic mass is 35.5. The smallest absolute Gasteiger partial charge is 0.0648 e. The molecule has 1 atom stereocenters. The first-order chi connectivity index (χ1) is 7.27. The van der Waals surface area contributed by atoms with Gasteiger partial charge in [-0.05, 0) is 30.9 Å². The summed E-state index contributed by atoms with van der Waals surface area (Å²) in [6.07, 6.45) is 3.36. The molecule has 0 spiro atoms. The number of fused-ring (bicyclic) bond motifs is 3. The number of aromatic amines is 1. The van der Waals surface area contributed by atoms with Gasteiger partial charge in [0.2, 0.25) is 0 Å². The molecule has 1 aliphatic rings. The summed E-state index contributed by atoms with van der Waals surface area (Å²) in [5.74, 6) is 0. The van der Waals surface area contributed by atoms with Crippen molar-refractivity contribution in [1.29, 1.82) is 0 Å². The van der Waals surface area contributed by atoms with Gasteiger partial charge in [0.1, 0.15) is 0 Å². The number of benzene rings is 1. The molecule has 1 aromatic heterocycles. The lowest BCUT2D eigenvalue weighted by molar-refractivity contribution is 0.562. The van der Waals surface area contributed by atoms with Crippen LogP contribution in [-0.4, -0.2) is 4.98 Å². The fourth-order valence-electron chi connectivity index (χ4n) is 2.49. The van der Waals surface area contributed by atoms with Crippen LogP contribution >= 0.6 is 11.6 Å². The van der Waals surface area contributed by atoms with E-state index in [0.717, 1.165) is 23.4 Å². The zero-order chi connectivity index (χ0) is 10.4. The second kappa shape index (κ2) is 3.26. The number of nitrogens with one attached hydrogen (secondary N) is 1. The third-order valence-corrected chi connectivity index (χ3v) is 3.55. The van der Waals surface area contributed by atoms with Gasteiger partial charge in [-0.15, -0.1) is 0 Å². The van der Waals surface area contributed by atoms with Crippen LogP contribution in [0.3, 0.4) is 0 Å². The highest BCUT2D eigenvalue weighted by Gasteiger charge is 2.21. The monoisotopic (exact) mass is 220 g/mol.